The molecule has 2 aromatic rings. The predicted molar refractivity (Wildman–Crippen MR) is 116 cm³/mol. The highest BCUT2D eigenvalue weighted by Crippen LogP contribution is 2.33. The van der Waals surface area contributed by atoms with Crippen LogP contribution in [0.1, 0.15) is 19.3 Å². The van der Waals surface area contributed by atoms with Crippen LogP contribution in [0.4, 0.5) is 5.69 Å². The first-order valence-corrected chi connectivity index (χ1v) is 12.6. The molecule has 2 aromatic carbocycles. The Labute approximate surface area is 183 Å². The Morgan fingerprint density at radius 3 is 2.00 bits per heavy atom. The topological polar surface area (TPSA) is 111 Å². The smallest absolute Gasteiger partial charge is 0.265 e. The Morgan fingerprint density at radius 1 is 0.774 bits per heavy atom. The summed E-state index contributed by atoms with van der Waals surface area (Å²) in [7, 11) is -3.79. The number of sulfonamides is 2. The van der Waals surface area contributed by atoms with Gasteiger partial charge in [-0.25, -0.2) is 16.8 Å². The number of ether oxygens (including phenoxy) is 3. The Balaban J connectivity index is 2.00. The maximum atomic E-state index is 13.2. The van der Waals surface area contributed by atoms with Gasteiger partial charge in [0.2, 0.25) is 10.0 Å². The van der Waals surface area contributed by atoms with Gasteiger partial charge < -0.3 is 14.2 Å². The van der Waals surface area contributed by atoms with E-state index in [0.717, 1.165) is 19.3 Å². The lowest BCUT2D eigenvalue weighted by Gasteiger charge is -2.26. The molecule has 0 unspecified atom stereocenters. The highest BCUT2D eigenvalue weighted by atomic mass is 32.2. The zero-order chi connectivity index (χ0) is 22.6. The van der Waals surface area contributed by atoms with E-state index in [0.29, 0.717) is 18.8 Å². The standard InChI is InChI=1S/C20H26N2O7S2/c1-27-16-8-10-17(28-2)19(14-16)30(23,24)21-15-7-9-18(29-3)20(13-15)31(25,26)22-11-5-4-6-12-22/h7-10,13-14,21H,4-6,11-12H2,1-3H3. The van der Waals surface area contributed by atoms with Gasteiger partial charge >= 0.3 is 0 Å². The fourth-order valence-corrected chi connectivity index (χ4v) is 6.32. The zero-order valence-corrected chi connectivity index (χ0v) is 19.3. The van der Waals surface area contributed by atoms with Crippen LogP contribution in [-0.2, 0) is 20.0 Å². The summed E-state index contributed by atoms with van der Waals surface area (Å²) >= 11 is 0. The highest BCUT2D eigenvalue weighted by Gasteiger charge is 2.30. The van der Waals surface area contributed by atoms with E-state index in [4.69, 9.17) is 14.2 Å². The van der Waals surface area contributed by atoms with Crippen LogP contribution in [0.15, 0.2) is 46.2 Å². The molecule has 170 valence electrons. The number of hydrogen-bond donors (Lipinski definition) is 1. The second-order valence-electron chi connectivity index (χ2n) is 6.95. The monoisotopic (exact) mass is 470 g/mol. The SMILES string of the molecule is COc1ccc(OC)c(S(=O)(=O)Nc2ccc(OC)c(S(=O)(=O)N3CCCCC3)c2)c1. The Hall–Kier alpha value is -2.50. The molecule has 0 amide bonds. The molecule has 0 saturated carbocycles. The minimum absolute atomic E-state index is 0.0845. The van der Waals surface area contributed by atoms with Crippen molar-refractivity contribution in [2.75, 3.05) is 39.1 Å². The van der Waals surface area contributed by atoms with Gasteiger partial charge in [0.1, 0.15) is 27.0 Å². The van der Waals surface area contributed by atoms with Crippen molar-refractivity contribution >= 4 is 25.7 Å². The molecule has 1 heterocycles. The van der Waals surface area contributed by atoms with Gasteiger partial charge in [-0.05, 0) is 43.2 Å². The molecule has 3 rings (SSSR count). The van der Waals surface area contributed by atoms with Gasteiger partial charge in [0.25, 0.3) is 10.0 Å². The number of nitrogens with one attached hydrogen (secondary N) is 1. The van der Waals surface area contributed by atoms with Crippen LogP contribution in [-0.4, -0.2) is 55.6 Å². The molecular formula is C20H26N2O7S2. The van der Waals surface area contributed by atoms with Crippen molar-refractivity contribution in [2.24, 2.45) is 0 Å². The first kappa shape index (κ1) is 23.2. The molecular weight excluding hydrogens is 444 g/mol. The van der Waals surface area contributed by atoms with Gasteiger partial charge in [-0.15, -0.1) is 0 Å². The molecule has 11 heteroatoms. The first-order valence-electron chi connectivity index (χ1n) is 9.66. The zero-order valence-electron chi connectivity index (χ0n) is 17.6. The maximum Gasteiger partial charge on any atom is 0.265 e. The molecule has 0 radical (unpaired) electrons. The van der Waals surface area contributed by atoms with Crippen molar-refractivity contribution in [3.05, 3.63) is 36.4 Å². The van der Waals surface area contributed by atoms with Gasteiger partial charge in [-0.1, -0.05) is 6.42 Å². The van der Waals surface area contributed by atoms with Gasteiger partial charge in [0, 0.05) is 19.2 Å². The molecule has 1 N–H and O–H groups in total. The number of nitrogens with zero attached hydrogens (tertiary/aromatic N) is 1. The van der Waals surface area contributed by atoms with Crippen LogP contribution in [0.2, 0.25) is 0 Å². The fraction of sp³-hybridized carbons (Fsp3) is 0.400. The summed E-state index contributed by atoms with van der Waals surface area (Å²) in [5, 5.41) is 0. The van der Waals surface area contributed by atoms with Crippen LogP contribution >= 0.6 is 0 Å². The van der Waals surface area contributed by atoms with Gasteiger partial charge in [-0.3, -0.25) is 4.72 Å². The Morgan fingerprint density at radius 2 is 1.39 bits per heavy atom. The lowest BCUT2D eigenvalue weighted by atomic mass is 10.2. The van der Waals surface area contributed by atoms with E-state index in [9.17, 15) is 16.8 Å². The fourth-order valence-electron chi connectivity index (χ4n) is 3.39. The van der Waals surface area contributed by atoms with E-state index in [1.165, 1.54) is 56.0 Å². The number of benzene rings is 2. The Kier molecular flexibility index (Phi) is 6.97. The molecule has 1 aliphatic rings. The van der Waals surface area contributed by atoms with Crippen molar-refractivity contribution in [1.29, 1.82) is 0 Å². The highest BCUT2D eigenvalue weighted by molar-refractivity contribution is 7.92. The van der Waals surface area contributed by atoms with Crippen molar-refractivity contribution in [3.8, 4) is 17.2 Å². The van der Waals surface area contributed by atoms with E-state index in [1.54, 1.807) is 6.07 Å². The van der Waals surface area contributed by atoms with Crippen LogP contribution in [0, 0.1) is 0 Å². The molecule has 0 aromatic heterocycles. The third-order valence-electron chi connectivity index (χ3n) is 5.01. The summed E-state index contributed by atoms with van der Waals surface area (Å²) < 4.78 is 71.7. The predicted octanol–water partition coefficient (Wildman–Crippen LogP) is 2.69. The van der Waals surface area contributed by atoms with Crippen molar-refractivity contribution in [2.45, 2.75) is 29.1 Å². The molecule has 0 atom stereocenters. The summed E-state index contributed by atoms with van der Waals surface area (Å²) in [5.74, 6) is 0.611. The van der Waals surface area contributed by atoms with E-state index >= 15 is 0 Å². The quantitative estimate of drug-likeness (QED) is 0.631. The molecule has 1 aliphatic heterocycles. The van der Waals surface area contributed by atoms with E-state index in [-0.39, 0.29) is 27.0 Å². The van der Waals surface area contributed by atoms with Gasteiger partial charge in [0.05, 0.1) is 27.0 Å². The number of piperidine rings is 1. The summed E-state index contributed by atoms with van der Waals surface area (Å²) in [6.45, 7) is 0.838. The summed E-state index contributed by atoms with van der Waals surface area (Å²) in [4.78, 5) is -0.222. The van der Waals surface area contributed by atoms with Crippen LogP contribution in [0.5, 0.6) is 17.2 Å². The lowest BCUT2D eigenvalue weighted by Crippen LogP contribution is -2.35. The molecule has 0 aliphatic carbocycles. The van der Waals surface area contributed by atoms with Crippen molar-refractivity contribution in [3.63, 3.8) is 0 Å². The average Bonchev–Trinajstić information content (AvgIpc) is 2.78. The first-order chi connectivity index (χ1) is 14.7. The summed E-state index contributed by atoms with van der Waals surface area (Å²) in [6.07, 6.45) is 2.54. The van der Waals surface area contributed by atoms with Gasteiger partial charge in [0.15, 0.2) is 0 Å². The summed E-state index contributed by atoms with van der Waals surface area (Å²) in [5.41, 5.74) is 0.0845. The third-order valence-corrected chi connectivity index (χ3v) is 8.33. The second-order valence-corrected chi connectivity index (χ2v) is 10.5. The molecule has 1 fully saturated rings. The minimum atomic E-state index is -4.10. The number of methoxy groups -OCH3 is 3. The number of hydrogen-bond acceptors (Lipinski definition) is 7. The van der Waals surface area contributed by atoms with Crippen molar-refractivity contribution < 1.29 is 31.0 Å². The molecule has 1 saturated heterocycles. The maximum absolute atomic E-state index is 13.2. The minimum Gasteiger partial charge on any atom is -0.497 e. The number of anilines is 1. The number of rotatable bonds is 8. The molecule has 0 spiro atoms. The molecule has 9 nitrogen and oxygen atoms in total. The molecule has 0 bridgehead atoms. The normalized spacial score (nSPS) is 15.3. The van der Waals surface area contributed by atoms with E-state index in [2.05, 4.69) is 4.72 Å². The van der Waals surface area contributed by atoms with E-state index < -0.39 is 20.0 Å². The van der Waals surface area contributed by atoms with Gasteiger partial charge in [-0.2, -0.15) is 4.31 Å². The Bertz CT molecular complexity index is 1140. The summed E-state index contributed by atoms with van der Waals surface area (Å²) in [6, 6.07) is 8.53. The van der Waals surface area contributed by atoms with Crippen LogP contribution in [0.3, 0.4) is 0 Å². The average molecular weight is 471 g/mol. The third kappa shape index (κ3) is 4.89. The van der Waals surface area contributed by atoms with Crippen LogP contribution < -0.4 is 18.9 Å². The van der Waals surface area contributed by atoms with E-state index in [1.807, 2.05) is 0 Å². The second kappa shape index (κ2) is 9.33. The largest absolute Gasteiger partial charge is 0.497 e. The van der Waals surface area contributed by atoms with Crippen LogP contribution in [0.25, 0.3) is 0 Å². The van der Waals surface area contributed by atoms with Crippen molar-refractivity contribution in [1.82, 2.24) is 4.31 Å². The lowest BCUT2D eigenvalue weighted by molar-refractivity contribution is 0.343. The molecule has 31 heavy (non-hydrogen) atoms.